The third-order valence-corrected chi connectivity index (χ3v) is 6.10. The molecule has 1 saturated carbocycles. The molecule has 0 saturated heterocycles. The van der Waals surface area contributed by atoms with Crippen LogP contribution in [-0.2, 0) is 21.9 Å². The van der Waals surface area contributed by atoms with Crippen LogP contribution in [-0.4, -0.2) is 18.2 Å². The first-order chi connectivity index (χ1) is 9.92. The molecule has 1 aromatic rings. The van der Waals surface area contributed by atoms with Gasteiger partial charge in [-0.05, 0) is 44.4 Å². The summed E-state index contributed by atoms with van der Waals surface area (Å²) in [5.41, 5.74) is 1.39. The summed E-state index contributed by atoms with van der Waals surface area (Å²) in [6.45, 7) is 6.13. The molecule has 2 rings (SSSR count). The van der Waals surface area contributed by atoms with E-state index in [0.29, 0.717) is 24.6 Å². The summed E-state index contributed by atoms with van der Waals surface area (Å²) in [6.07, 6.45) is 7.03. The summed E-state index contributed by atoms with van der Waals surface area (Å²) >= 11 is 0. The van der Waals surface area contributed by atoms with Crippen LogP contribution in [0.5, 0.6) is 0 Å². The Bertz CT molecular complexity index is 587. The van der Waals surface area contributed by atoms with Crippen LogP contribution in [0.3, 0.4) is 0 Å². The molecule has 1 fully saturated rings. The standard InChI is InChI=1S/C15H25ClN2O2S/c1-4-11-7-9-12(10-8-11)18-14(6-3)15(21(16,19)20)13(5-2)17-18/h11-12H,4-10H2,1-3H3. The largest absolute Gasteiger partial charge is 0.265 e. The van der Waals surface area contributed by atoms with Gasteiger partial charge in [-0.3, -0.25) is 4.68 Å². The van der Waals surface area contributed by atoms with E-state index < -0.39 is 9.05 Å². The van der Waals surface area contributed by atoms with E-state index in [1.54, 1.807) is 0 Å². The third kappa shape index (κ3) is 3.45. The van der Waals surface area contributed by atoms with Crippen LogP contribution in [0, 0.1) is 5.92 Å². The minimum Gasteiger partial charge on any atom is -0.265 e. The second kappa shape index (κ2) is 6.69. The molecule has 0 atom stereocenters. The van der Waals surface area contributed by atoms with Gasteiger partial charge in [-0.2, -0.15) is 5.10 Å². The summed E-state index contributed by atoms with van der Waals surface area (Å²) in [5.74, 6) is 0.809. The Balaban J connectivity index is 2.39. The topological polar surface area (TPSA) is 52.0 Å². The molecule has 0 amide bonds. The van der Waals surface area contributed by atoms with Crippen molar-refractivity contribution in [3.05, 3.63) is 11.4 Å². The molecule has 0 bridgehead atoms. The summed E-state index contributed by atoms with van der Waals surface area (Å²) in [5, 5.41) is 4.59. The molecule has 1 aliphatic carbocycles. The van der Waals surface area contributed by atoms with E-state index in [0.717, 1.165) is 24.5 Å². The number of nitrogens with zero attached hydrogens (tertiary/aromatic N) is 2. The molecular formula is C15H25ClN2O2S. The van der Waals surface area contributed by atoms with Gasteiger partial charge in [0.25, 0.3) is 9.05 Å². The van der Waals surface area contributed by atoms with Crippen molar-refractivity contribution in [2.45, 2.75) is 76.7 Å². The van der Waals surface area contributed by atoms with Gasteiger partial charge < -0.3 is 0 Å². The third-order valence-electron chi connectivity index (χ3n) is 4.68. The van der Waals surface area contributed by atoms with E-state index in [2.05, 4.69) is 12.0 Å². The number of hydrogen-bond acceptors (Lipinski definition) is 3. The number of rotatable bonds is 5. The summed E-state index contributed by atoms with van der Waals surface area (Å²) in [4.78, 5) is 0.256. The predicted molar refractivity (Wildman–Crippen MR) is 85.3 cm³/mol. The van der Waals surface area contributed by atoms with Crippen LogP contribution in [0.1, 0.15) is 70.3 Å². The van der Waals surface area contributed by atoms with Crippen molar-refractivity contribution in [1.82, 2.24) is 9.78 Å². The van der Waals surface area contributed by atoms with Crippen LogP contribution < -0.4 is 0 Å². The highest BCUT2D eigenvalue weighted by molar-refractivity contribution is 8.13. The van der Waals surface area contributed by atoms with E-state index in [4.69, 9.17) is 10.7 Å². The van der Waals surface area contributed by atoms with E-state index in [1.807, 2.05) is 18.5 Å². The highest BCUT2D eigenvalue weighted by atomic mass is 35.7. The zero-order chi connectivity index (χ0) is 15.6. The highest BCUT2D eigenvalue weighted by Crippen LogP contribution is 2.36. The Kier molecular flexibility index (Phi) is 5.36. The maximum atomic E-state index is 11.9. The number of aromatic nitrogens is 2. The fourth-order valence-electron chi connectivity index (χ4n) is 3.44. The SMILES string of the molecule is CCc1nn(C2CCC(CC)CC2)c(CC)c1S(=O)(=O)Cl. The Morgan fingerprint density at radius 3 is 2.19 bits per heavy atom. The second-order valence-electron chi connectivity index (χ2n) is 5.89. The average Bonchev–Trinajstić information content (AvgIpc) is 2.86. The van der Waals surface area contributed by atoms with Crippen molar-refractivity contribution in [2.24, 2.45) is 5.92 Å². The first-order valence-electron chi connectivity index (χ1n) is 7.97. The van der Waals surface area contributed by atoms with Gasteiger partial charge in [0.15, 0.2) is 0 Å². The Morgan fingerprint density at radius 2 is 1.76 bits per heavy atom. The number of aryl methyl sites for hydroxylation is 1. The summed E-state index contributed by atoms with van der Waals surface area (Å²) < 4.78 is 25.8. The van der Waals surface area contributed by atoms with Crippen molar-refractivity contribution >= 4 is 19.7 Å². The van der Waals surface area contributed by atoms with Crippen molar-refractivity contribution < 1.29 is 8.42 Å². The fraction of sp³-hybridized carbons (Fsp3) is 0.800. The quantitative estimate of drug-likeness (QED) is 0.763. The van der Waals surface area contributed by atoms with Crippen molar-refractivity contribution in [3.8, 4) is 0 Å². The highest BCUT2D eigenvalue weighted by Gasteiger charge is 2.30. The van der Waals surface area contributed by atoms with Gasteiger partial charge in [0.1, 0.15) is 4.90 Å². The molecule has 0 aliphatic heterocycles. The molecule has 0 aromatic carbocycles. The molecule has 4 nitrogen and oxygen atoms in total. The molecule has 0 radical (unpaired) electrons. The molecule has 0 N–H and O–H groups in total. The predicted octanol–water partition coefficient (Wildman–Crippen LogP) is 4.08. The first-order valence-corrected chi connectivity index (χ1v) is 10.3. The van der Waals surface area contributed by atoms with Crippen molar-refractivity contribution in [1.29, 1.82) is 0 Å². The van der Waals surface area contributed by atoms with Gasteiger partial charge in [-0.25, -0.2) is 8.42 Å². The zero-order valence-corrected chi connectivity index (χ0v) is 14.7. The minimum atomic E-state index is -3.73. The molecule has 6 heteroatoms. The maximum Gasteiger partial charge on any atom is 0.264 e. The summed E-state index contributed by atoms with van der Waals surface area (Å²) in [6, 6.07) is 0.320. The lowest BCUT2D eigenvalue weighted by molar-refractivity contribution is 0.251. The van der Waals surface area contributed by atoms with Gasteiger partial charge in [-0.1, -0.05) is 27.2 Å². The lowest BCUT2D eigenvalue weighted by Gasteiger charge is -2.29. The summed E-state index contributed by atoms with van der Waals surface area (Å²) in [7, 11) is 1.91. The van der Waals surface area contributed by atoms with Gasteiger partial charge in [0.05, 0.1) is 17.4 Å². The van der Waals surface area contributed by atoms with Gasteiger partial charge in [0.2, 0.25) is 0 Å². The molecule has 120 valence electrons. The molecule has 0 unspecified atom stereocenters. The second-order valence-corrected chi connectivity index (χ2v) is 8.40. The Hall–Kier alpha value is -0.550. The van der Waals surface area contributed by atoms with E-state index in [-0.39, 0.29) is 4.90 Å². The smallest absolute Gasteiger partial charge is 0.264 e. The van der Waals surface area contributed by atoms with Crippen LogP contribution in [0.15, 0.2) is 4.90 Å². The average molecular weight is 333 g/mol. The van der Waals surface area contributed by atoms with Gasteiger partial charge >= 0.3 is 0 Å². The Morgan fingerprint density at radius 1 is 1.14 bits per heavy atom. The van der Waals surface area contributed by atoms with Crippen molar-refractivity contribution in [3.63, 3.8) is 0 Å². The molecule has 1 aromatic heterocycles. The first kappa shape index (κ1) is 16.8. The lowest BCUT2D eigenvalue weighted by atomic mass is 9.84. The zero-order valence-electron chi connectivity index (χ0n) is 13.1. The molecular weight excluding hydrogens is 308 g/mol. The van der Waals surface area contributed by atoms with E-state index in [1.165, 1.54) is 19.3 Å². The van der Waals surface area contributed by atoms with Crippen LogP contribution in [0.4, 0.5) is 0 Å². The normalized spacial score (nSPS) is 23.4. The number of hydrogen-bond donors (Lipinski definition) is 0. The molecule has 0 spiro atoms. The fourth-order valence-corrected chi connectivity index (χ4v) is 4.96. The van der Waals surface area contributed by atoms with Gasteiger partial charge in [0, 0.05) is 10.7 Å². The molecule has 1 aliphatic rings. The number of halogens is 1. The van der Waals surface area contributed by atoms with E-state index in [9.17, 15) is 8.42 Å². The molecule has 21 heavy (non-hydrogen) atoms. The lowest BCUT2D eigenvalue weighted by Crippen LogP contribution is -2.20. The maximum absolute atomic E-state index is 11.9. The van der Waals surface area contributed by atoms with Crippen LogP contribution in [0.25, 0.3) is 0 Å². The van der Waals surface area contributed by atoms with Crippen LogP contribution in [0.2, 0.25) is 0 Å². The van der Waals surface area contributed by atoms with Gasteiger partial charge in [-0.15, -0.1) is 0 Å². The monoisotopic (exact) mass is 332 g/mol. The van der Waals surface area contributed by atoms with E-state index >= 15 is 0 Å². The van der Waals surface area contributed by atoms with Crippen LogP contribution >= 0.6 is 10.7 Å². The van der Waals surface area contributed by atoms with Crippen molar-refractivity contribution in [2.75, 3.05) is 0 Å². The molecule has 1 heterocycles. The Labute approximate surface area is 132 Å². The minimum absolute atomic E-state index is 0.256.